The molecule has 0 aliphatic rings. The van der Waals surface area contributed by atoms with Gasteiger partial charge in [-0.2, -0.15) is 0 Å². The first-order chi connectivity index (χ1) is 11.7. The van der Waals surface area contributed by atoms with Crippen LogP contribution in [0.4, 0.5) is 5.82 Å². The molecule has 0 amide bonds. The third-order valence-corrected chi connectivity index (χ3v) is 4.20. The predicted molar refractivity (Wildman–Crippen MR) is 94.8 cm³/mol. The van der Waals surface area contributed by atoms with E-state index >= 15 is 0 Å². The molecule has 1 unspecified atom stereocenters. The van der Waals surface area contributed by atoms with E-state index in [1.165, 1.54) is 28.6 Å². The lowest BCUT2D eigenvalue weighted by atomic mass is 9.94. The number of unbranched alkanes of at least 4 members (excludes halogenated alkanes) is 1. The lowest BCUT2D eigenvalue weighted by Gasteiger charge is -2.23. The summed E-state index contributed by atoms with van der Waals surface area (Å²) in [6.45, 7) is 6.64. The lowest BCUT2D eigenvalue weighted by molar-refractivity contribution is 0.542. The Balaban J connectivity index is 1.78. The van der Waals surface area contributed by atoms with E-state index < -0.39 is 0 Å². The standard InChI is InChI=1S/C18H24N6/c1-4-5-6-14-7-9-15(10-8-14)18(13(2)3)19-16-11-12-17-20-22-23-24(17)21-16/h7-13,18H,4-6H2,1-3H3,(H,19,21). The SMILES string of the molecule is CCCCc1ccc(C(Nc2ccc3nnnn3n2)C(C)C)cc1. The van der Waals surface area contributed by atoms with E-state index in [0.29, 0.717) is 11.6 Å². The van der Waals surface area contributed by atoms with Crippen molar-refractivity contribution in [2.45, 2.75) is 46.1 Å². The first-order valence-electron chi connectivity index (χ1n) is 8.58. The third-order valence-electron chi connectivity index (χ3n) is 4.20. The maximum Gasteiger partial charge on any atom is 0.200 e. The van der Waals surface area contributed by atoms with Crippen LogP contribution < -0.4 is 5.32 Å². The van der Waals surface area contributed by atoms with Crippen molar-refractivity contribution < 1.29 is 0 Å². The molecular weight excluding hydrogens is 300 g/mol. The first kappa shape index (κ1) is 16.4. The highest BCUT2D eigenvalue weighted by Crippen LogP contribution is 2.26. The Bertz CT molecular complexity index is 778. The molecule has 2 heterocycles. The topological polar surface area (TPSA) is 68.0 Å². The van der Waals surface area contributed by atoms with Crippen LogP contribution in [0.2, 0.25) is 0 Å². The van der Waals surface area contributed by atoms with Crippen molar-refractivity contribution in [3.8, 4) is 0 Å². The van der Waals surface area contributed by atoms with Crippen LogP contribution in [-0.4, -0.2) is 25.3 Å². The molecule has 0 aliphatic carbocycles. The fourth-order valence-electron chi connectivity index (χ4n) is 2.79. The van der Waals surface area contributed by atoms with Gasteiger partial charge in [0.05, 0.1) is 6.04 Å². The first-order valence-corrected chi connectivity index (χ1v) is 8.58. The molecule has 0 saturated carbocycles. The quantitative estimate of drug-likeness (QED) is 0.718. The highest BCUT2D eigenvalue weighted by atomic mass is 15.6. The van der Waals surface area contributed by atoms with Gasteiger partial charge in [-0.1, -0.05) is 51.5 Å². The van der Waals surface area contributed by atoms with Gasteiger partial charge in [-0.3, -0.25) is 0 Å². The largest absolute Gasteiger partial charge is 0.362 e. The summed E-state index contributed by atoms with van der Waals surface area (Å²) in [4.78, 5) is 0. The number of nitrogens with one attached hydrogen (secondary N) is 1. The van der Waals surface area contributed by atoms with Crippen molar-refractivity contribution in [2.24, 2.45) is 5.92 Å². The molecule has 6 heteroatoms. The van der Waals surface area contributed by atoms with Gasteiger partial charge < -0.3 is 5.32 Å². The molecule has 2 aromatic heterocycles. The lowest BCUT2D eigenvalue weighted by Crippen LogP contribution is -2.18. The Morgan fingerprint density at radius 1 is 1.08 bits per heavy atom. The van der Waals surface area contributed by atoms with E-state index in [4.69, 9.17) is 0 Å². The van der Waals surface area contributed by atoms with E-state index in [9.17, 15) is 0 Å². The molecule has 0 spiro atoms. The van der Waals surface area contributed by atoms with Crippen LogP contribution in [-0.2, 0) is 6.42 Å². The van der Waals surface area contributed by atoms with Crippen LogP contribution >= 0.6 is 0 Å². The summed E-state index contributed by atoms with van der Waals surface area (Å²) in [5, 5.41) is 19.3. The predicted octanol–water partition coefficient (Wildman–Crippen LogP) is 3.67. The molecule has 0 radical (unpaired) electrons. The number of hydrogen-bond donors (Lipinski definition) is 1. The minimum absolute atomic E-state index is 0.187. The number of tetrazole rings is 1. The molecule has 6 nitrogen and oxygen atoms in total. The Hall–Kier alpha value is -2.50. The molecular formula is C18H24N6. The van der Waals surface area contributed by atoms with Crippen LogP contribution in [0.3, 0.4) is 0 Å². The summed E-state index contributed by atoms with van der Waals surface area (Å²) in [6, 6.07) is 12.9. The third kappa shape index (κ3) is 3.69. The molecule has 0 bridgehead atoms. The van der Waals surface area contributed by atoms with Gasteiger partial charge in [-0.15, -0.1) is 14.8 Å². The second-order valence-corrected chi connectivity index (χ2v) is 6.46. The van der Waals surface area contributed by atoms with Gasteiger partial charge in [0.1, 0.15) is 5.82 Å². The fourth-order valence-corrected chi connectivity index (χ4v) is 2.79. The summed E-state index contributed by atoms with van der Waals surface area (Å²) in [6.07, 6.45) is 3.61. The maximum atomic E-state index is 4.41. The smallest absolute Gasteiger partial charge is 0.200 e. The van der Waals surface area contributed by atoms with Crippen LogP contribution in [0.1, 0.15) is 50.8 Å². The average molecular weight is 324 g/mol. The number of fused-ring (bicyclic) bond motifs is 1. The molecule has 3 aromatic rings. The van der Waals surface area contributed by atoms with Gasteiger partial charge in [-0.05, 0) is 52.4 Å². The van der Waals surface area contributed by atoms with E-state index in [1.807, 2.05) is 12.1 Å². The normalized spacial score (nSPS) is 12.7. The number of nitrogens with zero attached hydrogens (tertiary/aromatic N) is 5. The van der Waals surface area contributed by atoms with Gasteiger partial charge >= 0.3 is 0 Å². The van der Waals surface area contributed by atoms with E-state index in [-0.39, 0.29) is 6.04 Å². The Labute approximate surface area is 142 Å². The molecule has 0 aliphatic heterocycles. The monoisotopic (exact) mass is 324 g/mol. The fraction of sp³-hybridized carbons (Fsp3) is 0.444. The second kappa shape index (κ2) is 7.38. The van der Waals surface area contributed by atoms with Gasteiger partial charge in [-0.25, -0.2) is 0 Å². The average Bonchev–Trinajstić information content (AvgIpc) is 3.06. The number of aromatic nitrogens is 5. The second-order valence-electron chi connectivity index (χ2n) is 6.46. The molecule has 0 saturated heterocycles. The summed E-state index contributed by atoms with van der Waals surface area (Å²) < 4.78 is 1.44. The zero-order chi connectivity index (χ0) is 16.9. The molecule has 24 heavy (non-hydrogen) atoms. The van der Waals surface area contributed by atoms with Crippen LogP contribution in [0.5, 0.6) is 0 Å². The van der Waals surface area contributed by atoms with Gasteiger partial charge in [0.15, 0.2) is 5.65 Å². The summed E-state index contributed by atoms with van der Waals surface area (Å²) >= 11 is 0. The van der Waals surface area contributed by atoms with Crippen LogP contribution in [0.15, 0.2) is 36.4 Å². The molecule has 1 atom stereocenters. The van der Waals surface area contributed by atoms with Crippen molar-refractivity contribution >= 4 is 11.5 Å². The zero-order valence-corrected chi connectivity index (χ0v) is 14.5. The molecule has 0 fully saturated rings. The minimum atomic E-state index is 0.187. The number of aryl methyl sites for hydroxylation is 1. The number of anilines is 1. The minimum Gasteiger partial charge on any atom is -0.362 e. The number of rotatable bonds is 7. The van der Waals surface area contributed by atoms with Crippen molar-refractivity contribution in [3.05, 3.63) is 47.5 Å². The van der Waals surface area contributed by atoms with E-state index in [1.54, 1.807) is 0 Å². The van der Waals surface area contributed by atoms with Gasteiger partial charge in [0, 0.05) is 0 Å². The summed E-state index contributed by atoms with van der Waals surface area (Å²) in [5.74, 6) is 1.20. The highest BCUT2D eigenvalue weighted by molar-refractivity contribution is 5.44. The summed E-state index contributed by atoms with van der Waals surface area (Å²) in [5.41, 5.74) is 3.31. The molecule has 126 valence electrons. The van der Waals surface area contributed by atoms with Crippen LogP contribution in [0, 0.1) is 5.92 Å². The Morgan fingerprint density at radius 3 is 2.58 bits per heavy atom. The Morgan fingerprint density at radius 2 is 1.88 bits per heavy atom. The van der Waals surface area contributed by atoms with E-state index in [2.05, 4.69) is 71.0 Å². The number of benzene rings is 1. The maximum absolute atomic E-state index is 4.41. The van der Waals surface area contributed by atoms with Crippen molar-refractivity contribution in [1.29, 1.82) is 0 Å². The zero-order valence-electron chi connectivity index (χ0n) is 14.5. The van der Waals surface area contributed by atoms with Crippen LogP contribution in [0.25, 0.3) is 5.65 Å². The van der Waals surface area contributed by atoms with E-state index in [0.717, 1.165) is 12.2 Å². The highest BCUT2D eigenvalue weighted by Gasteiger charge is 2.16. The molecule has 3 rings (SSSR count). The van der Waals surface area contributed by atoms with Gasteiger partial charge in [0.25, 0.3) is 0 Å². The van der Waals surface area contributed by atoms with Gasteiger partial charge in [0.2, 0.25) is 0 Å². The van der Waals surface area contributed by atoms with Crippen molar-refractivity contribution in [1.82, 2.24) is 25.3 Å². The van der Waals surface area contributed by atoms with Crippen molar-refractivity contribution in [2.75, 3.05) is 5.32 Å². The molecule has 1 aromatic carbocycles. The summed E-state index contributed by atoms with van der Waals surface area (Å²) in [7, 11) is 0. The Kier molecular flexibility index (Phi) is 5.03. The molecule has 1 N–H and O–H groups in total. The number of hydrogen-bond acceptors (Lipinski definition) is 5. The van der Waals surface area contributed by atoms with Crippen molar-refractivity contribution in [3.63, 3.8) is 0 Å².